The highest BCUT2D eigenvalue weighted by molar-refractivity contribution is 5.36. The van der Waals surface area contributed by atoms with Gasteiger partial charge in [-0.25, -0.2) is 4.98 Å². The van der Waals surface area contributed by atoms with Crippen LogP contribution in [-0.2, 0) is 5.41 Å². The third-order valence-corrected chi connectivity index (χ3v) is 2.88. The smallest absolute Gasteiger partial charge is 0.120 e. The molecule has 1 aliphatic carbocycles. The Hall–Kier alpha value is -1.77. The highest BCUT2D eigenvalue weighted by atomic mass is 14.9. The third kappa shape index (κ3) is 1.81. The molecular weight excluding hydrogens is 198 g/mol. The lowest BCUT2D eigenvalue weighted by atomic mass is 9.79. The quantitative estimate of drug-likeness (QED) is 0.756. The Bertz CT molecular complexity index is 414. The van der Waals surface area contributed by atoms with Crippen LogP contribution in [0.2, 0.25) is 0 Å². The summed E-state index contributed by atoms with van der Waals surface area (Å²) in [6.45, 7) is 6.98. The highest BCUT2D eigenvalue weighted by Crippen LogP contribution is 2.33. The summed E-state index contributed by atoms with van der Waals surface area (Å²) in [5.41, 5.74) is 1.02. The minimum Gasteiger partial charge on any atom is -0.389 e. The van der Waals surface area contributed by atoms with Crippen LogP contribution in [0, 0.1) is 0 Å². The summed E-state index contributed by atoms with van der Waals surface area (Å²) >= 11 is 0. The van der Waals surface area contributed by atoms with Crippen LogP contribution in [0.3, 0.4) is 0 Å². The van der Waals surface area contributed by atoms with Crippen molar-refractivity contribution in [2.75, 3.05) is 6.54 Å². The molecule has 3 nitrogen and oxygen atoms in total. The minimum absolute atomic E-state index is 0.199. The lowest BCUT2D eigenvalue weighted by Gasteiger charge is -2.29. The molecule has 84 valence electrons. The zero-order valence-corrected chi connectivity index (χ0v) is 9.53. The zero-order chi connectivity index (χ0) is 11.4. The molecule has 1 aliphatic rings. The van der Waals surface area contributed by atoms with Crippen molar-refractivity contribution >= 4 is 0 Å². The number of rotatable bonds is 4. The fourth-order valence-corrected chi connectivity index (χ4v) is 2.04. The van der Waals surface area contributed by atoms with Gasteiger partial charge in [0.1, 0.15) is 5.82 Å². The SMILES string of the molecule is C=CC1(c2ncc[nH]2)C=CC=C(NCC)C1. The molecule has 0 radical (unpaired) electrons. The number of aromatic amines is 1. The molecule has 0 spiro atoms. The van der Waals surface area contributed by atoms with Gasteiger partial charge in [-0.05, 0) is 13.0 Å². The molecule has 3 heteroatoms. The van der Waals surface area contributed by atoms with Crippen molar-refractivity contribution < 1.29 is 0 Å². The second-order valence-corrected chi connectivity index (χ2v) is 3.94. The van der Waals surface area contributed by atoms with Crippen LogP contribution in [0.15, 0.2) is 49.0 Å². The molecular formula is C13H17N3. The summed E-state index contributed by atoms with van der Waals surface area (Å²) in [5.74, 6) is 0.947. The van der Waals surface area contributed by atoms with Crippen molar-refractivity contribution in [1.82, 2.24) is 15.3 Å². The Morgan fingerprint density at radius 1 is 1.69 bits per heavy atom. The van der Waals surface area contributed by atoms with Crippen LogP contribution in [0.4, 0.5) is 0 Å². The Morgan fingerprint density at radius 3 is 3.19 bits per heavy atom. The van der Waals surface area contributed by atoms with Gasteiger partial charge in [0, 0.05) is 31.1 Å². The number of nitrogens with zero attached hydrogens (tertiary/aromatic N) is 1. The molecule has 0 aromatic carbocycles. The second kappa shape index (κ2) is 4.39. The summed E-state index contributed by atoms with van der Waals surface area (Å²) in [5, 5.41) is 3.36. The number of imidazole rings is 1. The van der Waals surface area contributed by atoms with Gasteiger partial charge >= 0.3 is 0 Å². The summed E-state index contributed by atoms with van der Waals surface area (Å²) < 4.78 is 0. The van der Waals surface area contributed by atoms with Gasteiger partial charge in [-0.2, -0.15) is 0 Å². The van der Waals surface area contributed by atoms with Crippen molar-refractivity contribution in [3.63, 3.8) is 0 Å². The highest BCUT2D eigenvalue weighted by Gasteiger charge is 2.31. The fourth-order valence-electron chi connectivity index (χ4n) is 2.04. The first-order valence-corrected chi connectivity index (χ1v) is 5.56. The van der Waals surface area contributed by atoms with E-state index < -0.39 is 0 Å². The first kappa shape index (κ1) is 10.7. The monoisotopic (exact) mass is 215 g/mol. The average Bonchev–Trinajstić information content (AvgIpc) is 2.84. The van der Waals surface area contributed by atoms with Gasteiger partial charge in [0.15, 0.2) is 0 Å². The van der Waals surface area contributed by atoms with Crippen molar-refractivity contribution in [2.24, 2.45) is 0 Å². The molecule has 0 aliphatic heterocycles. The van der Waals surface area contributed by atoms with Crippen LogP contribution in [-0.4, -0.2) is 16.5 Å². The maximum Gasteiger partial charge on any atom is 0.120 e. The molecule has 1 unspecified atom stereocenters. The van der Waals surface area contributed by atoms with E-state index in [-0.39, 0.29) is 5.41 Å². The molecule has 1 aromatic rings. The van der Waals surface area contributed by atoms with Gasteiger partial charge in [-0.15, -0.1) is 6.58 Å². The fraction of sp³-hybridized carbons (Fsp3) is 0.308. The maximum absolute atomic E-state index is 4.34. The van der Waals surface area contributed by atoms with Gasteiger partial charge in [0.2, 0.25) is 0 Å². The molecule has 2 N–H and O–H groups in total. The number of H-pyrrole nitrogens is 1. The van der Waals surface area contributed by atoms with E-state index in [1.54, 1.807) is 6.20 Å². The summed E-state index contributed by atoms with van der Waals surface area (Å²) in [7, 11) is 0. The predicted molar refractivity (Wildman–Crippen MR) is 66.0 cm³/mol. The zero-order valence-electron chi connectivity index (χ0n) is 9.53. The van der Waals surface area contributed by atoms with Gasteiger partial charge in [-0.3, -0.25) is 0 Å². The predicted octanol–water partition coefficient (Wildman–Crippen LogP) is 2.29. The van der Waals surface area contributed by atoms with E-state index >= 15 is 0 Å². The molecule has 1 aromatic heterocycles. The molecule has 0 bridgehead atoms. The molecule has 1 heterocycles. The standard InChI is InChI=1S/C13H17N3/c1-3-13(12-15-8-9-16-12)7-5-6-11(10-13)14-4-2/h3,5-9,14H,1,4,10H2,2H3,(H,15,16). The molecule has 0 saturated carbocycles. The van der Waals surface area contributed by atoms with Crippen molar-refractivity contribution in [3.8, 4) is 0 Å². The molecule has 16 heavy (non-hydrogen) atoms. The van der Waals surface area contributed by atoms with Gasteiger partial charge in [0.05, 0.1) is 5.41 Å². The van der Waals surface area contributed by atoms with Crippen molar-refractivity contribution in [3.05, 3.63) is 54.8 Å². The number of hydrogen-bond donors (Lipinski definition) is 2. The second-order valence-electron chi connectivity index (χ2n) is 3.94. The lowest BCUT2D eigenvalue weighted by Crippen LogP contribution is -2.29. The van der Waals surface area contributed by atoms with E-state index in [2.05, 4.69) is 47.0 Å². The Balaban J connectivity index is 2.29. The van der Waals surface area contributed by atoms with Crippen LogP contribution >= 0.6 is 0 Å². The van der Waals surface area contributed by atoms with E-state index in [0.29, 0.717) is 0 Å². The first-order valence-electron chi connectivity index (χ1n) is 5.56. The van der Waals surface area contributed by atoms with E-state index in [1.165, 1.54) is 5.70 Å². The lowest BCUT2D eigenvalue weighted by molar-refractivity contribution is 0.583. The van der Waals surface area contributed by atoms with Gasteiger partial charge < -0.3 is 10.3 Å². The van der Waals surface area contributed by atoms with Crippen LogP contribution in [0.1, 0.15) is 19.2 Å². The van der Waals surface area contributed by atoms with Crippen LogP contribution in [0.25, 0.3) is 0 Å². The number of allylic oxidation sites excluding steroid dienone is 5. The minimum atomic E-state index is -0.199. The third-order valence-electron chi connectivity index (χ3n) is 2.88. The number of hydrogen-bond acceptors (Lipinski definition) is 2. The van der Waals surface area contributed by atoms with Gasteiger partial charge in [0.25, 0.3) is 0 Å². The van der Waals surface area contributed by atoms with Crippen molar-refractivity contribution in [1.29, 1.82) is 0 Å². The summed E-state index contributed by atoms with van der Waals surface area (Å²) in [6, 6.07) is 0. The molecule has 2 rings (SSSR count). The molecule has 0 fully saturated rings. The van der Waals surface area contributed by atoms with E-state index in [4.69, 9.17) is 0 Å². The molecule has 1 atom stereocenters. The maximum atomic E-state index is 4.34. The largest absolute Gasteiger partial charge is 0.389 e. The number of nitrogens with one attached hydrogen (secondary N) is 2. The van der Waals surface area contributed by atoms with Crippen molar-refractivity contribution in [2.45, 2.75) is 18.8 Å². The van der Waals surface area contributed by atoms with E-state index in [0.717, 1.165) is 18.8 Å². The van der Waals surface area contributed by atoms with E-state index in [9.17, 15) is 0 Å². The topological polar surface area (TPSA) is 40.7 Å². The summed E-state index contributed by atoms with van der Waals surface area (Å²) in [4.78, 5) is 7.52. The number of aromatic nitrogens is 2. The normalized spacial score (nSPS) is 23.9. The van der Waals surface area contributed by atoms with E-state index in [1.807, 2.05) is 12.3 Å². The first-order chi connectivity index (χ1) is 7.80. The molecule has 0 amide bonds. The van der Waals surface area contributed by atoms with Gasteiger partial charge in [-0.1, -0.05) is 18.2 Å². The van der Waals surface area contributed by atoms with Crippen LogP contribution < -0.4 is 5.32 Å². The average molecular weight is 215 g/mol. The summed E-state index contributed by atoms with van der Waals surface area (Å²) in [6.07, 6.45) is 12.8. The van der Waals surface area contributed by atoms with Crippen LogP contribution in [0.5, 0.6) is 0 Å². The molecule has 0 saturated heterocycles. The Morgan fingerprint density at radius 2 is 2.56 bits per heavy atom. The Kier molecular flexibility index (Phi) is 2.95. The Labute approximate surface area is 96.0 Å².